The molecule has 2 nitrogen and oxygen atoms in total. The third-order valence-electron chi connectivity index (χ3n) is 1.65. The number of H-pyrrole nitrogens is 1. The highest BCUT2D eigenvalue weighted by Crippen LogP contribution is 2.12. The molecule has 0 atom stereocenters. The highest BCUT2D eigenvalue weighted by atomic mass is 15.1. The van der Waals surface area contributed by atoms with Crippen LogP contribution in [0.15, 0.2) is 24.3 Å². The number of aryl methyl sites for hydroxylation is 1. The quantitative estimate of drug-likeness (QED) is 0.673. The van der Waals surface area contributed by atoms with Gasteiger partial charge >= 0.3 is 0 Å². The van der Waals surface area contributed by atoms with Crippen LogP contribution < -0.4 is 0 Å². The Kier molecular flexibility index (Phi) is 6.46. The second-order valence-corrected chi connectivity index (χ2v) is 2.37. The van der Waals surface area contributed by atoms with Gasteiger partial charge in [-0.3, -0.25) is 5.10 Å². The lowest BCUT2D eigenvalue weighted by Crippen LogP contribution is -1.67. The molecule has 0 saturated carbocycles. The molecule has 0 aliphatic heterocycles. The van der Waals surface area contributed by atoms with Crippen LogP contribution in [-0.4, -0.2) is 10.2 Å². The average molecular weight is 192 g/mol. The van der Waals surface area contributed by atoms with Crippen molar-refractivity contribution in [2.45, 2.75) is 34.6 Å². The van der Waals surface area contributed by atoms with E-state index in [0.29, 0.717) is 0 Å². The largest absolute Gasteiger partial charge is 0.282 e. The molecule has 0 bridgehead atoms. The molecule has 2 aromatic rings. The fourth-order valence-corrected chi connectivity index (χ4v) is 1.09. The zero-order valence-electron chi connectivity index (χ0n) is 9.76. The number of hydrogen-bond acceptors (Lipinski definition) is 1. The van der Waals surface area contributed by atoms with Gasteiger partial charge < -0.3 is 0 Å². The van der Waals surface area contributed by atoms with Crippen molar-refractivity contribution in [2.75, 3.05) is 0 Å². The van der Waals surface area contributed by atoms with E-state index in [2.05, 4.69) is 16.3 Å². The zero-order valence-corrected chi connectivity index (χ0v) is 9.76. The summed E-state index contributed by atoms with van der Waals surface area (Å²) in [6.45, 7) is 10.0. The Morgan fingerprint density at radius 1 is 1.00 bits per heavy atom. The van der Waals surface area contributed by atoms with Crippen LogP contribution in [-0.2, 0) is 0 Å². The molecule has 0 spiro atoms. The molecule has 1 heterocycles. The molecule has 0 fully saturated rings. The highest BCUT2D eigenvalue weighted by molar-refractivity contribution is 5.80. The van der Waals surface area contributed by atoms with Gasteiger partial charge in [0, 0.05) is 11.1 Å². The van der Waals surface area contributed by atoms with Crippen LogP contribution in [0.25, 0.3) is 10.9 Å². The molecule has 14 heavy (non-hydrogen) atoms. The maximum atomic E-state index is 4.09. The summed E-state index contributed by atoms with van der Waals surface area (Å²) in [5.74, 6) is 0. The lowest BCUT2D eigenvalue weighted by atomic mass is 10.2. The lowest BCUT2D eigenvalue weighted by Gasteiger charge is -1.84. The normalized spacial score (nSPS) is 8.36. The van der Waals surface area contributed by atoms with Crippen molar-refractivity contribution < 1.29 is 0 Å². The lowest BCUT2D eigenvalue weighted by molar-refractivity contribution is 1.07. The molecule has 0 unspecified atom stereocenters. The minimum atomic E-state index is 1.04. The molecule has 2 rings (SSSR count). The number of aromatic amines is 1. The number of nitrogens with one attached hydrogen (secondary N) is 1. The number of aromatic nitrogens is 2. The Balaban J connectivity index is 0.000000379. The standard InChI is InChI=1S/C8H8N2.2C2H6/c1-6-7-4-2-3-5-8(7)10-9-6;2*1-2/h2-5H,1H3,(H,9,10);2*1-2H3. The smallest absolute Gasteiger partial charge is 0.0923 e. The predicted molar refractivity (Wildman–Crippen MR) is 63.5 cm³/mol. The fraction of sp³-hybridized carbons (Fsp3) is 0.417. The second-order valence-electron chi connectivity index (χ2n) is 2.37. The third kappa shape index (κ3) is 2.87. The zero-order chi connectivity index (χ0) is 11.0. The van der Waals surface area contributed by atoms with Crippen LogP contribution in [0.3, 0.4) is 0 Å². The van der Waals surface area contributed by atoms with Crippen LogP contribution >= 0.6 is 0 Å². The van der Waals surface area contributed by atoms with Gasteiger partial charge in [-0.25, -0.2) is 0 Å². The molecule has 0 saturated heterocycles. The Bertz CT molecular complexity index is 350. The van der Waals surface area contributed by atoms with Crippen molar-refractivity contribution in [2.24, 2.45) is 0 Å². The first-order valence-corrected chi connectivity index (χ1v) is 5.27. The van der Waals surface area contributed by atoms with Gasteiger partial charge in [-0.2, -0.15) is 5.10 Å². The number of rotatable bonds is 0. The summed E-state index contributed by atoms with van der Waals surface area (Å²) in [5.41, 5.74) is 2.18. The summed E-state index contributed by atoms with van der Waals surface area (Å²) in [6.07, 6.45) is 0. The minimum Gasteiger partial charge on any atom is -0.282 e. The summed E-state index contributed by atoms with van der Waals surface area (Å²) < 4.78 is 0. The Hall–Kier alpha value is -1.31. The maximum absolute atomic E-state index is 4.09. The van der Waals surface area contributed by atoms with Gasteiger partial charge in [0.15, 0.2) is 0 Å². The molecule has 1 N–H and O–H groups in total. The molecule has 78 valence electrons. The van der Waals surface area contributed by atoms with Crippen molar-refractivity contribution in [1.82, 2.24) is 10.2 Å². The Morgan fingerprint density at radius 3 is 2.14 bits per heavy atom. The first kappa shape index (κ1) is 12.7. The van der Waals surface area contributed by atoms with Crippen molar-refractivity contribution in [3.05, 3.63) is 30.0 Å². The van der Waals surface area contributed by atoms with E-state index in [0.717, 1.165) is 11.2 Å². The van der Waals surface area contributed by atoms with Crippen molar-refractivity contribution >= 4 is 10.9 Å². The monoisotopic (exact) mass is 192 g/mol. The molecule has 1 aromatic heterocycles. The maximum Gasteiger partial charge on any atom is 0.0923 e. The molecular formula is C12H20N2. The summed E-state index contributed by atoms with van der Waals surface area (Å²) >= 11 is 0. The topological polar surface area (TPSA) is 28.7 Å². The van der Waals surface area contributed by atoms with Crippen molar-refractivity contribution in [3.63, 3.8) is 0 Å². The van der Waals surface area contributed by atoms with Crippen LogP contribution in [0.4, 0.5) is 0 Å². The molecule has 1 aromatic carbocycles. The van der Waals surface area contributed by atoms with E-state index in [9.17, 15) is 0 Å². The molecule has 0 radical (unpaired) electrons. The third-order valence-corrected chi connectivity index (χ3v) is 1.65. The number of fused-ring (bicyclic) bond motifs is 1. The number of hydrogen-bond donors (Lipinski definition) is 1. The van der Waals surface area contributed by atoms with E-state index < -0.39 is 0 Å². The van der Waals surface area contributed by atoms with Crippen molar-refractivity contribution in [3.8, 4) is 0 Å². The van der Waals surface area contributed by atoms with Gasteiger partial charge in [0.1, 0.15) is 0 Å². The predicted octanol–water partition coefficient (Wildman–Crippen LogP) is 3.92. The van der Waals surface area contributed by atoms with E-state index in [1.54, 1.807) is 0 Å². The Labute approximate surface area is 86.3 Å². The van der Waals surface area contributed by atoms with Gasteiger partial charge in [0.25, 0.3) is 0 Å². The SMILES string of the molecule is CC.CC.Cc1[nH]nc2ccccc12. The summed E-state index contributed by atoms with van der Waals surface area (Å²) in [4.78, 5) is 0. The molecule has 2 heteroatoms. The van der Waals surface area contributed by atoms with E-state index in [4.69, 9.17) is 0 Å². The van der Waals surface area contributed by atoms with E-state index in [1.165, 1.54) is 5.39 Å². The number of para-hydroxylation sites is 1. The van der Waals surface area contributed by atoms with E-state index in [1.807, 2.05) is 52.8 Å². The fourth-order valence-electron chi connectivity index (χ4n) is 1.09. The first-order valence-electron chi connectivity index (χ1n) is 5.27. The van der Waals surface area contributed by atoms with Gasteiger partial charge in [-0.05, 0) is 13.0 Å². The van der Waals surface area contributed by atoms with Gasteiger partial charge in [-0.15, -0.1) is 0 Å². The molecular weight excluding hydrogens is 172 g/mol. The molecule has 0 amide bonds. The van der Waals surface area contributed by atoms with Gasteiger partial charge in [0.05, 0.1) is 5.52 Å². The number of benzene rings is 1. The summed E-state index contributed by atoms with van der Waals surface area (Å²) in [6, 6.07) is 8.07. The van der Waals surface area contributed by atoms with Crippen LogP contribution in [0, 0.1) is 6.92 Å². The van der Waals surface area contributed by atoms with E-state index in [-0.39, 0.29) is 0 Å². The van der Waals surface area contributed by atoms with Gasteiger partial charge in [-0.1, -0.05) is 45.9 Å². The average Bonchev–Trinajstić information content (AvgIpc) is 2.67. The molecule has 0 aliphatic rings. The summed E-state index contributed by atoms with van der Waals surface area (Å²) in [7, 11) is 0. The van der Waals surface area contributed by atoms with Gasteiger partial charge in [0.2, 0.25) is 0 Å². The molecule has 0 aliphatic carbocycles. The Morgan fingerprint density at radius 2 is 1.57 bits per heavy atom. The second kappa shape index (κ2) is 7.13. The van der Waals surface area contributed by atoms with Crippen LogP contribution in [0.1, 0.15) is 33.4 Å². The van der Waals surface area contributed by atoms with Crippen LogP contribution in [0.5, 0.6) is 0 Å². The minimum absolute atomic E-state index is 1.04. The van der Waals surface area contributed by atoms with Crippen LogP contribution in [0.2, 0.25) is 0 Å². The highest BCUT2D eigenvalue weighted by Gasteiger charge is 1.96. The number of nitrogens with zero attached hydrogens (tertiary/aromatic N) is 1. The first-order chi connectivity index (χ1) is 6.88. The van der Waals surface area contributed by atoms with Crippen molar-refractivity contribution in [1.29, 1.82) is 0 Å². The summed E-state index contributed by atoms with van der Waals surface area (Å²) in [5, 5.41) is 8.23. The van der Waals surface area contributed by atoms with E-state index >= 15 is 0 Å².